The molecule has 2 aromatic rings. The van der Waals surface area contributed by atoms with Crippen LogP contribution in [0.1, 0.15) is 18.2 Å². The second-order valence-electron chi connectivity index (χ2n) is 6.66. The van der Waals surface area contributed by atoms with Crippen LogP contribution in [0.2, 0.25) is 0 Å². The highest BCUT2D eigenvalue weighted by molar-refractivity contribution is 6.10. The lowest BCUT2D eigenvalue weighted by atomic mass is 9.92. The molecule has 1 aliphatic rings. The summed E-state index contributed by atoms with van der Waals surface area (Å²) in [6.07, 6.45) is 1.42. The number of hydrogen-bond donors (Lipinski definition) is 3. The first kappa shape index (κ1) is 21.7. The van der Waals surface area contributed by atoms with E-state index in [4.69, 9.17) is 4.42 Å². The zero-order valence-corrected chi connectivity index (χ0v) is 16.2. The molecule has 1 aromatic carbocycles. The highest BCUT2D eigenvalue weighted by atomic mass is 19.3. The number of amides is 6. The molecule has 1 saturated heterocycles. The fourth-order valence-corrected chi connectivity index (χ4v) is 2.94. The number of rotatable bonds is 7. The minimum atomic E-state index is -3.00. The van der Waals surface area contributed by atoms with Crippen molar-refractivity contribution in [3.8, 4) is 5.75 Å². The van der Waals surface area contributed by atoms with Crippen molar-refractivity contribution in [3.63, 3.8) is 0 Å². The van der Waals surface area contributed by atoms with Gasteiger partial charge in [0.25, 0.3) is 5.91 Å². The fraction of sp³-hybridized carbons (Fsp3) is 0.263. The Balaban J connectivity index is 1.60. The van der Waals surface area contributed by atoms with E-state index in [9.17, 15) is 28.0 Å². The van der Waals surface area contributed by atoms with Crippen molar-refractivity contribution in [2.75, 3.05) is 6.54 Å². The highest BCUT2D eigenvalue weighted by Gasteiger charge is 2.49. The molecule has 1 fully saturated rings. The van der Waals surface area contributed by atoms with Gasteiger partial charge in [-0.1, -0.05) is 12.1 Å². The van der Waals surface area contributed by atoms with Gasteiger partial charge in [-0.05, 0) is 36.8 Å². The number of benzene rings is 1. The number of imide groups is 2. The van der Waals surface area contributed by atoms with Crippen molar-refractivity contribution < 1.29 is 37.1 Å². The van der Waals surface area contributed by atoms with Crippen LogP contribution in [0.3, 0.4) is 0 Å². The number of ether oxygens (including phenoxy) is 1. The van der Waals surface area contributed by atoms with Crippen LogP contribution < -0.4 is 20.7 Å². The van der Waals surface area contributed by atoms with Crippen molar-refractivity contribution in [1.29, 1.82) is 0 Å². The maximum atomic E-state index is 12.8. The quantitative estimate of drug-likeness (QED) is 0.566. The molecule has 164 valence electrons. The van der Waals surface area contributed by atoms with Gasteiger partial charge < -0.3 is 19.8 Å². The Hall–Kier alpha value is -3.96. The van der Waals surface area contributed by atoms with Gasteiger partial charge in [0, 0.05) is 0 Å². The molecule has 0 bridgehead atoms. The third-order valence-electron chi connectivity index (χ3n) is 4.49. The van der Waals surface area contributed by atoms with E-state index >= 15 is 0 Å². The lowest BCUT2D eigenvalue weighted by Crippen LogP contribution is -2.46. The smallest absolute Gasteiger partial charge is 0.387 e. The van der Waals surface area contributed by atoms with Gasteiger partial charge in [0.05, 0.1) is 12.8 Å². The van der Waals surface area contributed by atoms with Crippen LogP contribution in [0.4, 0.5) is 18.4 Å². The number of furan rings is 1. The van der Waals surface area contributed by atoms with Gasteiger partial charge in [0.1, 0.15) is 23.6 Å². The molecule has 1 atom stereocenters. The van der Waals surface area contributed by atoms with Gasteiger partial charge in [-0.2, -0.15) is 8.78 Å². The van der Waals surface area contributed by atoms with Crippen LogP contribution in [0.25, 0.3) is 0 Å². The molecule has 0 spiro atoms. The first-order valence-corrected chi connectivity index (χ1v) is 8.98. The summed E-state index contributed by atoms with van der Waals surface area (Å²) in [5, 5.41) is 6.87. The average Bonchev–Trinajstić information content (AvgIpc) is 3.30. The monoisotopic (exact) mass is 436 g/mol. The predicted octanol–water partition coefficient (Wildman–Crippen LogP) is 1.67. The van der Waals surface area contributed by atoms with Crippen molar-refractivity contribution >= 4 is 23.9 Å². The van der Waals surface area contributed by atoms with E-state index in [1.165, 1.54) is 37.5 Å². The lowest BCUT2D eigenvalue weighted by molar-refractivity contribution is -0.134. The maximum Gasteiger partial charge on any atom is 0.387 e. The Bertz CT molecular complexity index is 980. The van der Waals surface area contributed by atoms with Crippen LogP contribution in [-0.4, -0.2) is 41.9 Å². The minimum absolute atomic E-state index is 0.0403. The normalized spacial score (nSPS) is 18.1. The summed E-state index contributed by atoms with van der Waals surface area (Å²) in [6.45, 7) is -2.25. The van der Waals surface area contributed by atoms with E-state index in [1.807, 2.05) is 5.32 Å². The van der Waals surface area contributed by atoms with E-state index in [1.54, 1.807) is 12.1 Å². The topological polar surface area (TPSA) is 130 Å². The van der Waals surface area contributed by atoms with Crippen molar-refractivity contribution in [1.82, 2.24) is 20.9 Å². The van der Waals surface area contributed by atoms with Crippen LogP contribution in [0.15, 0.2) is 47.1 Å². The van der Waals surface area contributed by atoms with Gasteiger partial charge in [0.2, 0.25) is 5.91 Å². The van der Waals surface area contributed by atoms with Crippen LogP contribution >= 0.6 is 0 Å². The Morgan fingerprint density at radius 3 is 2.55 bits per heavy atom. The van der Waals surface area contributed by atoms with Gasteiger partial charge in [-0.25, -0.2) is 9.59 Å². The van der Waals surface area contributed by atoms with E-state index < -0.39 is 42.6 Å². The minimum Gasteiger partial charge on any atom is -0.467 e. The summed E-state index contributed by atoms with van der Waals surface area (Å²) in [6, 6.07) is 6.74. The zero-order chi connectivity index (χ0) is 22.6. The Kier molecular flexibility index (Phi) is 6.18. The molecular weight excluding hydrogens is 418 g/mol. The zero-order valence-electron chi connectivity index (χ0n) is 16.2. The summed E-state index contributed by atoms with van der Waals surface area (Å²) < 4.78 is 33.9. The van der Waals surface area contributed by atoms with E-state index in [0.717, 1.165) is 0 Å². The molecule has 0 radical (unpaired) electrons. The molecule has 2 heterocycles. The molecule has 1 aliphatic heterocycles. The molecular formula is C19H18F2N4O6. The average molecular weight is 436 g/mol. The van der Waals surface area contributed by atoms with E-state index in [-0.39, 0.29) is 12.3 Å². The lowest BCUT2D eigenvalue weighted by Gasteiger charge is -2.22. The second kappa shape index (κ2) is 8.81. The number of hydrogen-bond acceptors (Lipinski definition) is 6. The highest BCUT2D eigenvalue weighted by Crippen LogP contribution is 2.30. The predicted molar refractivity (Wildman–Crippen MR) is 99.8 cm³/mol. The molecule has 0 unspecified atom stereocenters. The largest absolute Gasteiger partial charge is 0.467 e. The number of halogens is 2. The molecule has 1 aromatic heterocycles. The summed E-state index contributed by atoms with van der Waals surface area (Å²) in [5.41, 5.74) is -1.23. The molecule has 0 saturated carbocycles. The van der Waals surface area contributed by atoms with Crippen LogP contribution in [-0.2, 0) is 21.7 Å². The molecule has 6 amide bonds. The summed E-state index contributed by atoms with van der Waals surface area (Å²) in [5.74, 6) is -1.27. The number of nitrogens with one attached hydrogen (secondary N) is 3. The number of urea groups is 2. The van der Waals surface area contributed by atoms with Crippen LogP contribution in [0, 0.1) is 0 Å². The van der Waals surface area contributed by atoms with Crippen molar-refractivity contribution in [3.05, 3.63) is 54.0 Å². The molecule has 3 rings (SSSR count). The number of carbonyl (C=O) groups is 4. The first-order chi connectivity index (χ1) is 14.7. The van der Waals surface area contributed by atoms with Gasteiger partial charge in [-0.3, -0.25) is 19.8 Å². The van der Waals surface area contributed by atoms with Gasteiger partial charge in [0.15, 0.2) is 0 Å². The second-order valence-corrected chi connectivity index (χ2v) is 6.66. The van der Waals surface area contributed by atoms with E-state index in [2.05, 4.69) is 15.4 Å². The van der Waals surface area contributed by atoms with E-state index in [0.29, 0.717) is 16.2 Å². The Morgan fingerprint density at radius 2 is 1.94 bits per heavy atom. The summed E-state index contributed by atoms with van der Waals surface area (Å²) in [7, 11) is 0. The Morgan fingerprint density at radius 1 is 1.23 bits per heavy atom. The summed E-state index contributed by atoms with van der Waals surface area (Å²) >= 11 is 0. The van der Waals surface area contributed by atoms with Gasteiger partial charge in [-0.15, -0.1) is 0 Å². The third-order valence-corrected chi connectivity index (χ3v) is 4.49. The Labute approximate surface area is 174 Å². The summed E-state index contributed by atoms with van der Waals surface area (Å²) in [4.78, 5) is 49.6. The first-order valence-electron chi connectivity index (χ1n) is 8.98. The fourth-order valence-electron chi connectivity index (χ4n) is 2.94. The molecule has 3 N–H and O–H groups in total. The van der Waals surface area contributed by atoms with Crippen molar-refractivity contribution in [2.24, 2.45) is 0 Å². The number of nitrogens with zero attached hydrogens (tertiary/aromatic N) is 1. The number of alkyl halides is 2. The molecule has 12 heteroatoms. The van der Waals surface area contributed by atoms with Gasteiger partial charge >= 0.3 is 18.7 Å². The third kappa shape index (κ3) is 4.97. The molecule has 10 nitrogen and oxygen atoms in total. The SMILES string of the molecule is C[C@]1(c2ccc(OC(F)F)cc2)NC(=O)N(CC(=O)NC(=O)NCc2ccco2)C1=O. The standard InChI is InChI=1S/C19H18F2N4O6/c1-19(11-4-6-12(7-5-11)31-16(20)21)15(27)25(18(29)24-19)10-14(26)23-17(28)22-9-13-3-2-8-30-13/h2-8,16H,9-10H2,1H3,(H,24,29)(H2,22,23,26,28)/t19-/m1/s1. The number of carbonyl (C=O) groups excluding carboxylic acids is 4. The maximum absolute atomic E-state index is 12.8. The van der Waals surface area contributed by atoms with Crippen molar-refractivity contribution in [2.45, 2.75) is 25.6 Å². The van der Waals surface area contributed by atoms with Crippen LogP contribution in [0.5, 0.6) is 5.75 Å². The molecule has 31 heavy (non-hydrogen) atoms. The molecule has 0 aliphatic carbocycles.